The Morgan fingerprint density at radius 1 is 1.45 bits per heavy atom. The van der Waals surface area contributed by atoms with Gasteiger partial charge in [0.05, 0.1) is 25.0 Å². The molecule has 0 unspecified atom stereocenters. The molecule has 1 aliphatic rings. The first-order chi connectivity index (χ1) is 9.76. The highest BCUT2D eigenvalue weighted by atomic mass is 35.5. The van der Waals surface area contributed by atoms with Crippen molar-refractivity contribution in [2.45, 2.75) is 26.4 Å². The van der Waals surface area contributed by atoms with Gasteiger partial charge in [-0.2, -0.15) is 0 Å². The lowest BCUT2D eigenvalue weighted by atomic mass is 10.1. The Hall–Kier alpha value is -1.59. The molecule has 0 saturated heterocycles. The average molecular weight is 293 g/mol. The molecule has 0 bridgehead atoms. The molecule has 0 spiro atoms. The number of rotatable bonds is 5. The van der Waals surface area contributed by atoms with Crippen LogP contribution in [-0.2, 0) is 19.5 Å². The SMILES string of the molecule is CCNCc1cn(Cc2cc(Cl)cc3c2OCC3)nn1. The predicted molar refractivity (Wildman–Crippen MR) is 77.2 cm³/mol. The third-order valence-corrected chi connectivity index (χ3v) is 3.52. The Morgan fingerprint density at radius 2 is 2.35 bits per heavy atom. The Kier molecular flexibility index (Phi) is 3.89. The van der Waals surface area contributed by atoms with E-state index >= 15 is 0 Å². The van der Waals surface area contributed by atoms with Crippen molar-refractivity contribution in [3.05, 3.63) is 40.2 Å². The summed E-state index contributed by atoms with van der Waals surface area (Å²) in [7, 11) is 0. The molecule has 1 N–H and O–H groups in total. The maximum Gasteiger partial charge on any atom is 0.127 e. The van der Waals surface area contributed by atoms with Crippen molar-refractivity contribution in [1.29, 1.82) is 0 Å². The lowest BCUT2D eigenvalue weighted by Gasteiger charge is -2.08. The molecule has 6 heteroatoms. The summed E-state index contributed by atoms with van der Waals surface area (Å²) in [5.41, 5.74) is 3.18. The van der Waals surface area contributed by atoms with Gasteiger partial charge < -0.3 is 10.1 Å². The summed E-state index contributed by atoms with van der Waals surface area (Å²) < 4.78 is 7.52. The summed E-state index contributed by atoms with van der Waals surface area (Å²) in [4.78, 5) is 0. The van der Waals surface area contributed by atoms with Crippen LogP contribution in [0.4, 0.5) is 0 Å². The fourth-order valence-corrected chi connectivity index (χ4v) is 2.65. The summed E-state index contributed by atoms with van der Waals surface area (Å²) in [5.74, 6) is 0.957. The topological polar surface area (TPSA) is 52.0 Å². The first kappa shape index (κ1) is 13.4. The highest BCUT2D eigenvalue weighted by molar-refractivity contribution is 6.30. The van der Waals surface area contributed by atoms with E-state index in [2.05, 4.69) is 22.6 Å². The van der Waals surface area contributed by atoms with Gasteiger partial charge in [0.1, 0.15) is 5.75 Å². The molecule has 20 heavy (non-hydrogen) atoms. The van der Waals surface area contributed by atoms with Crippen molar-refractivity contribution in [2.75, 3.05) is 13.2 Å². The maximum absolute atomic E-state index is 6.16. The van der Waals surface area contributed by atoms with Gasteiger partial charge in [0.15, 0.2) is 0 Å². The normalized spacial score (nSPS) is 13.3. The van der Waals surface area contributed by atoms with Crippen molar-refractivity contribution in [3.63, 3.8) is 0 Å². The largest absolute Gasteiger partial charge is 0.493 e. The van der Waals surface area contributed by atoms with Crippen LogP contribution < -0.4 is 10.1 Å². The molecule has 1 aromatic carbocycles. The molecule has 5 nitrogen and oxygen atoms in total. The van der Waals surface area contributed by atoms with E-state index in [0.717, 1.165) is 48.1 Å². The summed E-state index contributed by atoms with van der Waals surface area (Å²) in [6, 6.07) is 3.92. The first-order valence-electron chi connectivity index (χ1n) is 6.80. The molecule has 0 radical (unpaired) electrons. The summed E-state index contributed by atoms with van der Waals surface area (Å²) in [6.45, 7) is 5.08. The minimum Gasteiger partial charge on any atom is -0.493 e. The van der Waals surface area contributed by atoms with E-state index in [1.165, 1.54) is 5.56 Å². The quantitative estimate of drug-likeness (QED) is 0.916. The number of hydrogen-bond donors (Lipinski definition) is 1. The highest BCUT2D eigenvalue weighted by Gasteiger charge is 2.18. The molecule has 106 valence electrons. The van der Waals surface area contributed by atoms with E-state index in [1.54, 1.807) is 0 Å². The fraction of sp³-hybridized carbons (Fsp3) is 0.429. The van der Waals surface area contributed by atoms with Gasteiger partial charge in [0, 0.05) is 23.6 Å². The zero-order valence-electron chi connectivity index (χ0n) is 11.4. The van der Waals surface area contributed by atoms with Crippen LogP contribution in [-0.4, -0.2) is 28.1 Å². The van der Waals surface area contributed by atoms with Crippen LogP contribution in [0.25, 0.3) is 0 Å². The monoisotopic (exact) mass is 292 g/mol. The molecule has 0 saturated carbocycles. The first-order valence-corrected chi connectivity index (χ1v) is 7.18. The van der Waals surface area contributed by atoms with E-state index in [-0.39, 0.29) is 0 Å². The van der Waals surface area contributed by atoms with Crippen LogP contribution in [0, 0.1) is 0 Å². The van der Waals surface area contributed by atoms with Crippen molar-refractivity contribution < 1.29 is 4.74 Å². The minimum absolute atomic E-state index is 0.627. The standard InChI is InChI=1S/C14H17ClN4O/c1-2-16-7-13-9-19(18-17-13)8-11-6-12(15)5-10-3-4-20-14(10)11/h5-6,9,16H,2-4,7-8H2,1H3. The van der Waals surface area contributed by atoms with Crippen molar-refractivity contribution in [1.82, 2.24) is 20.3 Å². The Bertz CT molecular complexity index is 611. The van der Waals surface area contributed by atoms with Gasteiger partial charge >= 0.3 is 0 Å². The van der Waals surface area contributed by atoms with Gasteiger partial charge in [-0.3, -0.25) is 0 Å². The molecule has 0 amide bonds. The average Bonchev–Trinajstić information content (AvgIpc) is 3.05. The number of nitrogens with zero attached hydrogens (tertiary/aromatic N) is 3. The smallest absolute Gasteiger partial charge is 0.127 e. The summed E-state index contributed by atoms with van der Waals surface area (Å²) in [6.07, 6.45) is 2.87. The molecule has 2 heterocycles. The van der Waals surface area contributed by atoms with Crippen LogP contribution in [0.2, 0.25) is 5.02 Å². The Morgan fingerprint density at radius 3 is 3.20 bits per heavy atom. The second kappa shape index (κ2) is 5.81. The van der Waals surface area contributed by atoms with Crippen LogP contribution in [0.15, 0.2) is 18.3 Å². The molecule has 1 aliphatic heterocycles. The highest BCUT2D eigenvalue weighted by Crippen LogP contribution is 2.33. The van der Waals surface area contributed by atoms with E-state index < -0.39 is 0 Å². The number of aromatic nitrogens is 3. The van der Waals surface area contributed by atoms with E-state index in [4.69, 9.17) is 16.3 Å². The zero-order chi connectivity index (χ0) is 13.9. The second-order valence-electron chi connectivity index (χ2n) is 4.84. The predicted octanol–water partition coefficient (Wildman–Crippen LogP) is 2.02. The van der Waals surface area contributed by atoms with E-state index in [0.29, 0.717) is 6.54 Å². The summed E-state index contributed by atoms with van der Waals surface area (Å²) >= 11 is 6.16. The molecule has 0 fully saturated rings. The zero-order valence-corrected chi connectivity index (χ0v) is 12.2. The van der Waals surface area contributed by atoms with E-state index in [1.807, 2.05) is 23.0 Å². The van der Waals surface area contributed by atoms with E-state index in [9.17, 15) is 0 Å². The van der Waals surface area contributed by atoms with Gasteiger partial charge in [0.25, 0.3) is 0 Å². The molecule has 1 aromatic heterocycles. The number of benzene rings is 1. The Balaban J connectivity index is 1.79. The summed E-state index contributed by atoms with van der Waals surface area (Å²) in [5, 5.41) is 12.3. The lowest BCUT2D eigenvalue weighted by Crippen LogP contribution is -2.11. The van der Waals surface area contributed by atoms with Gasteiger partial charge in [-0.05, 0) is 24.2 Å². The molecule has 0 atom stereocenters. The maximum atomic E-state index is 6.16. The van der Waals surface area contributed by atoms with Crippen LogP contribution in [0.5, 0.6) is 5.75 Å². The third-order valence-electron chi connectivity index (χ3n) is 3.30. The Labute approximate surface area is 122 Å². The van der Waals surface area contributed by atoms with Gasteiger partial charge in [0.2, 0.25) is 0 Å². The minimum atomic E-state index is 0.627. The van der Waals surface area contributed by atoms with Crippen LogP contribution in [0.1, 0.15) is 23.7 Å². The number of halogens is 1. The molecule has 0 aliphatic carbocycles. The lowest BCUT2D eigenvalue weighted by molar-refractivity contribution is 0.352. The molecule has 2 aromatic rings. The van der Waals surface area contributed by atoms with Crippen molar-refractivity contribution in [3.8, 4) is 5.75 Å². The number of fused-ring (bicyclic) bond motifs is 1. The number of ether oxygens (including phenoxy) is 1. The van der Waals surface area contributed by atoms with Crippen molar-refractivity contribution >= 4 is 11.6 Å². The number of hydrogen-bond acceptors (Lipinski definition) is 4. The molecular weight excluding hydrogens is 276 g/mol. The molecular formula is C14H17ClN4O. The second-order valence-corrected chi connectivity index (χ2v) is 5.28. The van der Waals surface area contributed by atoms with Crippen LogP contribution >= 0.6 is 11.6 Å². The van der Waals surface area contributed by atoms with Crippen molar-refractivity contribution in [2.24, 2.45) is 0 Å². The van der Waals surface area contributed by atoms with Gasteiger partial charge in [-0.1, -0.05) is 23.7 Å². The fourth-order valence-electron chi connectivity index (χ4n) is 2.39. The third kappa shape index (κ3) is 2.78. The number of nitrogens with one attached hydrogen (secondary N) is 1. The van der Waals surface area contributed by atoms with Gasteiger partial charge in [-0.15, -0.1) is 5.10 Å². The van der Waals surface area contributed by atoms with Gasteiger partial charge in [-0.25, -0.2) is 4.68 Å². The van der Waals surface area contributed by atoms with Crippen LogP contribution in [0.3, 0.4) is 0 Å². The molecule has 3 rings (SSSR count).